The second kappa shape index (κ2) is 4.96. The van der Waals surface area contributed by atoms with Crippen LogP contribution in [0.3, 0.4) is 0 Å². The molecule has 3 nitrogen and oxygen atoms in total. The fourth-order valence-corrected chi connectivity index (χ4v) is 3.40. The maximum Gasteiger partial charge on any atom is 0.242 e. The van der Waals surface area contributed by atoms with E-state index in [1.165, 1.54) is 6.07 Å². The van der Waals surface area contributed by atoms with E-state index in [9.17, 15) is 8.42 Å². The molecule has 0 bridgehead atoms. The van der Waals surface area contributed by atoms with Crippen molar-refractivity contribution >= 4 is 21.6 Å². The van der Waals surface area contributed by atoms with E-state index in [1.807, 2.05) is 27.7 Å². The van der Waals surface area contributed by atoms with Gasteiger partial charge in [-0.3, -0.25) is 0 Å². The number of hydrogen-bond donors (Lipinski definition) is 1. The van der Waals surface area contributed by atoms with E-state index in [4.69, 9.17) is 11.6 Å². The average Bonchev–Trinajstić information content (AvgIpc) is 2.15. The lowest BCUT2D eigenvalue weighted by molar-refractivity contribution is 0.439. The Labute approximate surface area is 108 Å². The summed E-state index contributed by atoms with van der Waals surface area (Å²) < 4.78 is 26.9. The van der Waals surface area contributed by atoms with Gasteiger partial charge in [0.15, 0.2) is 0 Å². The number of sulfonamides is 1. The van der Waals surface area contributed by atoms with E-state index in [0.29, 0.717) is 6.42 Å². The Balaban J connectivity index is 3.14. The lowest BCUT2D eigenvalue weighted by Crippen LogP contribution is -2.42. The fraction of sp³-hybridized carbons (Fsp3) is 0.500. The van der Waals surface area contributed by atoms with E-state index in [-0.39, 0.29) is 9.92 Å². The number of halogens is 1. The zero-order chi connectivity index (χ0) is 13.3. The van der Waals surface area contributed by atoms with Gasteiger partial charge in [-0.05, 0) is 44.9 Å². The topological polar surface area (TPSA) is 46.2 Å². The van der Waals surface area contributed by atoms with Crippen LogP contribution in [0.5, 0.6) is 0 Å². The molecule has 0 heterocycles. The molecule has 1 rings (SSSR count). The maximum absolute atomic E-state index is 12.1. The monoisotopic (exact) mass is 275 g/mol. The molecule has 0 aromatic heterocycles. The maximum atomic E-state index is 12.1. The van der Waals surface area contributed by atoms with Crippen molar-refractivity contribution in [1.29, 1.82) is 0 Å². The lowest BCUT2D eigenvalue weighted by atomic mass is 10.0. The molecule has 0 fully saturated rings. The number of hydrogen-bond acceptors (Lipinski definition) is 2. The molecule has 96 valence electrons. The molecular formula is C12H18ClNO2S. The summed E-state index contributed by atoms with van der Waals surface area (Å²) in [6.45, 7) is 7.48. The summed E-state index contributed by atoms with van der Waals surface area (Å²) in [7, 11) is -3.56. The predicted octanol–water partition coefficient (Wildman–Crippen LogP) is 3.12. The van der Waals surface area contributed by atoms with E-state index in [0.717, 1.165) is 5.56 Å². The smallest absolute Gasteiger partial charge is 0.207 e. The van der Waals surface area contributed by atoms with Crippen molar-refractivity contribution in [3.8, 4) is 0 Å². The number of benzene rings is 1. The second-order valence-corrected chi connectivity index (χ2v) is 6.83. The van der Waals surface area contributed by atoms with E-state index < -0.39 is 15.6 Å². The van der Waals surface area contributed by atoms with E-state index in [2.05, 4.69) is 4.72 Å². The van der Waals surface area contributed by atoms with Crippen LogP contribution < -0.4 is 4.72 Å². The number of rotatable bonds is 4. The molecule has 0 saturated carbocycles. The van der Waals surface area contributed by atoms with Crippen molar-refractivity contribution < 1.29 is 8.42 Å². The predicted molar refractivity (Wildman–Crippen MR) is 70.9 cm³/mol. The van der Waals surface area contributed by atoms with Gasteiger partial charge in [0.1, 0.15) is 4.90 Å². The largest absolute Gasteiger partial charge is 0.242 e. The highest BCUT2D eigenvalue weighted by atomic mass is 35.5. The molecule has 0 aliphatic rings. The number of aryl methyl sites for hydroxylation is 1. The van der Waals surface area contributed by atoms with Gasteiger partial charge in [-0.25, -0.2) is 13.1 Å². The molecule has 1 aromatic carbocycles. The first-order valence-electron chi connectivity index (χ1n) is 5.48. The van der Waals surface area contributed by atoms with E-state index in [1.54, 1.807) is 12.1 Å². The molecule has 17 heavy (non-hydrogen) atoms. The summed E-state index contributed by atoms with van der Waals surface area (Å²) >= 11 is 5.97. The lowest BCUT2D eigenvalue weighted by Gasteiger charge is -2.24. The third-order valence-corrected chi connectivity index (χ3v) is 4.85. The molecule has 1 aromatic rings. The molecular weight excluding hydrogens is 258 g/mol. The van der Waals surface area contributed by atoms with Crippen LogP contribution in [0.1, 0.15) is 32.8 Å². The minimum atomic E-state index is -3.56. The fourth-order valence-electron chi connectivity index (χ4n) is 1.31. The molecule has 0 amide bonds. The van der Waals surface area contributed by atoms with Crippen LogP contribution in [0, 0.1) is 6.92 Å². The SMILES string of the molecule is CCC(C)(C)NS(=O)(=O)c1ccc(C)cc1Cl. The van der Waals surface area contributed by atoms with Crippen molar-refractivity contribution in [3.63, 3.8) is 0 Å². The first-order valence-corrected chi connectivity index (χ1v) is 7.34. The van der Waals surface area contributed by atoms with E-state index >= 15 is 0 Å². The Bertz CT molecular complexity index is 509. The van der Waals surface area contributed by atoms with Crippen molar-refractivity contribution in [2.24, 2.45) is 0 Å². The quantitative estimate of drug-likeness (QED) is 0.918. The minimum Gasteiger partial charge on any atom is -0.207 e. The summed E-state index contributed by atoms with van der Waals surface area (Å²) in [5, 5.41) is 0.254. The number of nitrogens with one attached hydrogen (secondary N) is 1. The van der Waals surface area contributed by atoms with Crippen LogP contribution in [-0.2, 0) is 10.0 Å². The Morgan fingerprint density at radius 3 is 2.41 bits per heavy atom. The summed E-state index contributed by atoms with van der Waals surface area (Å²) in [5.41, 5.74) is 0.455. The van der Waals surface area contributed by atoms with Gasteiger partial charge >= 0.3 is 0 Å². The minimum absolute atomic E-state index is 0.131. The van der Waals surface area contributed by atoms with Crippen molar-refractivity contribution in [2.75, 3.05) is 0 Å². The highest BCUT2D eigenvalue weighted by Crippen LogP contribution is 2.24. The summed E-state index contributed by atoms with van der Waals surface area (Å²) in [4.78, 5) is 0.131. The third-order valence-electron chi connectivity index (χ3n) is 2.67. The van der Waals surface area contributed by atoms with Crippen LogP contribution in [-0.4, -0.2) is 14.0 Å². The van der Waals surface area contributed by atoms with Gasteiger partial charge in [0.2, 0.25) is 10.0 Å². The Morgan fingerprint density at radius 2 is 1.94 bits per heavy atom. The molecule has 0 aliphatic heterocycles. The Hall–Kier alpha value is -0.580. The summed E-state index contributed by atoms with van der Waals surface area (Å²) in [5.74, 6) is 0. The van der Waals surface area contributed by atoms with Gasteiger partial charge in [-0.2, -0.15) is 0 Å². The van der Waals surface area contributed by atoms with Crippen LogP contribution in [0.25, 0.3) is 0 Å². The average molecular weight is 276 g/mol. The van der Waals surface area contributed by atoms with Crippen LogP contribution in [0.2, 0.25) is 5.02 Å². The highest BCUT2D eigenvalue weighted by Gasteiger charge is 2.26. The van der Waals surface area contributed by atoms with Crippen LogP contribution >= 0.6 is 11.6 Å². The zero-order valence-corrected chi connectivity index (χ0v) is 12.1. The van der Waals surface area contributed by atoms with Gasteiger partial charge in [0.05, 0.1) is 5.02 Å². The second-order valence-electron chi connectivity index (χ2n) is 4.78. The molecule has 0 aliphatic carbocycles. The van der Waals surface area contributed by atoms with Crippen LogP contribution in [0.4, 0.5) is 0 Å². The Kier molecular flexibility index (Phi) is 4.23. The molecule has 1 N–H and O–H groups in total. The summed E-state index contributed by atoms with van der Waals surface area (Å²) in [6, 6.07) is 4.92. The highest BCUT2D eigenvalue weighted by molar-refractivity contribution is 7.89. The molecule has 0 unspecified atom stereocenters. The molecule has 0 spiro atoms. The normalized spacial score (nSPS) is 12.8. The molecule has 0 saturated heterocycles. The van der Waals surface area contributed by atoms with Gasteiger partial charge in [-0.1, -0.05) is 24.6 Å². The van der Waals surface area contributed by atoms with Crippen LogP contribution in [0.15, 0.2) is 23.1 Å². The van der Waals surface area contributed by atoms with Gasteiger partial charge < -0.3 is 0 Å². The first kappa shape index (κ1) is 14.5. The zero-order valence-electron chi connectivity index (χ0n) is 10.5. The standard InChI is InChI=1S/C12H18ClNO2S/c1-5-12(3,4)14-17(15,16)11-7-6-9(2)8-10(11)13/h6-8,14H,5H2,1-4H3. The van der Waals surface area contributed by atoms with Crippen molar-refractivity contribution in [3.05, 3.63) is 28.8 Å². The van der Waals surface area contributed by atoms with Crippen molar-refractivity contribution in [2.45, 2.75) is 44.6 Å². The van der Waals surface area contributed by atoms with Gasteiger partial charge in [0, 0.05) is 5.54 Å². The molecule has 0 atom stereocenters. The van der Waals surface area contributed by atoms with Gasteiger partial charge in [-0.15, -0.1) is 0 Å². The van der Waals surface area contributed by atoms with Crippen molar-refractivity contribution in [1.82, 2.24) is 4.72 Å². The van der Waals surface area contributed by atoms with Gasteiger partial charge in [0.25, 0.3) is 0 Å². The first-order chi connectivity index (χ1) is 7.68. The molecule has 5 heteroatoms. The third kappa shape index (κ3) is 3.69. The Morgan fingerprint density at radius 1 is 1.35 bits per heavy atom. The molecule has 0 radical (unpaired) electrons. The summed E-state index contributed by atoms with van der Waals surface area (Å²) in [6.07, 6.45) is 0.704.